The lowest BCUT2D eigenvalue weighted by Gasteiger charge is -2.22. The van der Waals surface area contributed by atoms with Gasteiger partial charge in [0.25, 0.3) is 0 Å². The van der Waals surface area contributed by atoms with E-state index in [9.17, 15) is 5.11 Å². The lowest BCUT2D eigenvalue weighted by atomic mass is 9.86. The third-order valence-electron chi connectivity index (χ3n) is 4.06. The Labute approximate surface area is 75.2 Å². The Bertz CT molecular complexity index is 164. The first-order chi connectivity index (χ1) is 5.76. The van der Waals surface area contributed by atoms with Crippen LogP contribution in [0.5, 0.6) is 0 Å². The molecule has 1 nitrogen and oxygen atoms in total. The molecule has 2 aliphatic rings. The van der Waals surface area contributed by atoms with Gasteiger partial charge < -0.3 is 5.11 Å². The zero-order chi connectivity index (χ0) is 8.60. The van der Waals surface area contributed by atoms with E-state index in [4.69, 9.17) is 0 Å². The van der Waals surface area contributed by atoms with E-state index in [2.05, 4.69) is 0 Å². The number of hydrogen-bond donors (Lipinski definition) is 1. The summed E-state index contributed by atoms with van der Waals surface area (Å²) >= 11 is 0. The fourth-order valence-corrected chi connectivity index (χ4v) is 3.01. The maximum absolute atomic E-state index is 9.69. The molecule has 3 atom stereocenters. The monoisotopic (exact) mass is 168 g/mol. The van der Waals surface area contributed by atoms with Crippen LogP contribution in [0.1, 0.15) is 51.9 Å². The fraction of sp³-hybridized carbons (Fsp3) is 1.00. The minimum Gasteiger partial charge on any atom is -0.393 e. The van der Waals surface area contributed by atoms with Crippen LogP contribution in [0.3, 0.4) is 0 Å². The van der Waals surface area contributed by atoms with Crippen LogP contribution in [0.15, 0.2) is 0 Å². The van der Waals surface area contributed by atoms with Crippen LogP contribution >= 0.6 is 0 Å². The molecule has 1 heteroatoms. The quantitative estimate of drug-likeness (QED) is 0.638. The Kier molecular flexibility index (Phi) is 2.16. The number of hydrogen-bond acceptors (Lipinski definition) is 1. The molecule has 0 aliphatic heterocycles. The highest BCUT2D eigenvalue weighted by molar-refractivity contribution is 5.05. The number of rotatable bonds is 1. The van der Waals surface area contributed by atoms with Gasteiger partial charge in [0.1, 0.15) is 0 Å². The summed E-state index contributed by atoms with van der Waals surface area (Å²) in [5, 5.41) is 9.69. The molecule has 0 aromatic heterocycles. The van der Waals surface area contributed by atoms with Crippen molar-refractivity contribution in [2.45, 2.75) is 58.0 Å². The lowest BCUT2D eigenvalue weighted by molar-refractivity contribution is 0.0875. The van der Waals surface area contributed by atoms with Crippen molar-refractivity contribution in [1.29, 1.82) is 0 Å². The van der Waals surface area contributed by atoms with Crippen LogP contribution in [0.4, 0.5) is 0 Å². The van der Waals surface area contributed by atoms with Crippen molar-refractivity contribution in [2.75, 3.05) is 0 Å². The lowest BCUT2D eigenvalue weighted by Crippen LogP contribution is -2.21. The predicted octanol–water partition coefficient (Wildman–Crippen LogP) is 2.73. The first-order valence-electron chi connectivity index (χ1n) is 5.44. The summed E-state index contributed by atoms with van der Waals surface area (Å²) in [6, 6.07) is 0. The smallest absolute Gasteiger partial charge is 0.0571 e. The van der Waals surface area contributed by atoms with Crippen molar-refractivity contribution in [3.63, 3.8) is 0 Å². The summed E-state index contributed by atoms with van der Waals surface area (Å²) in [4.78, 5) is 0. The van der Waals surface area contributed by atoms with Gasteiger partial charge in [0.2, 0.25) is 0 Å². The zero-order valence-corrected chi connectivity index (χ0v) is 8.05. The largest absolute Gasteiger partial charge is 0.393 e. The Morgan fingerprint density at radius 2 is 2.00 bits per heavy atom. The summed E-state index contributed by atoms with van der Waals surface area (Å²) in [6.07, 6.45) is 9.49. The van der Waals surface area contributed by atoms with Crippen LogP contribution in [0.2, 0.25) is 0 Å². The average molecular weight is 168 g/mol. The Hall–Kier alpha value is -0.0400. The Morgan fingerprint density at radius 1 is 1.25 bits per heavy atom. The van der Waals surface area contributed by atoms with Gasteiger partial charge in [-0.15, -0.1) is 0 Å². The van der Waals surface area contributed by atoms with Crippen molar-refractivity contribution < 1.29 is 5.11 Å². The number of fused-ring (bicyclic) bond motifs is 1. The van der Waals surface area contributed by atoms with Gasteiger partial charge in [-0.25, -0.2) is 0 Å². The standard InChI is InChI=1S/C11H20O/c1-9(12)11-7-5-3-2-4-6-10(11)8-11/h9-10,12H,2-8H2,1H3. The second kappa shape index (κ2) is 3.02. The van der Waals surface area contributed by atoms with E-state index >= 15 is 0 Å². The van der Waals surface area contributed by atoms with Crippen LogP contribution in [0.25, 0.3) is 0 Å². The van der Waals surface area contributed by atoms with Crippen LogP contribution < -0.4 is 0 Å². The van der Waals surface area contributed by atoms with Crippen LogP contribution in [-0.4, -0.2) is 11.2 Å². The molecule has 0 spiro atoms. The summed E-state index contributed by atoms with van der Waals surface area (Å²) in [5.74, 6) is 0.873. The summed E-state index contributed by atoms with van der Waals surface area (Å²) < 4.78 is 0. The van der Waals surface area contributed by atoms with E-state index in [-0.39, 0.29) is 6.10 Å². The molecule has 3 unspecified atom stereocenters. The molecule has 70 valence electrons. The molecule has 0 saturated heterocycles. The topological polar surface area (TPSA) is 20.2 Å². The van der Waals surface area contributed by atoms with E-state index < -0.39 is 0 Å². The molecule has 2 rings (SSSR count). The molecule has 2 aliphatic carbocycles. The minimum atomic E-state index is -0.0550. The van der Waals surface area contributed by atoms with Gasteiger partial charge in [-0.3, -0.25) is 0 Å². The summed E-state index contributed by atoms with van der Waals surface area (Å²) in [6.45, 7) is 1.99. The van der Waals surface area contributed by atoms with Gasteiger partial charge in [-0.2, -0.15) is 0 Å². The van der Waals surface area contributed by atoms with Crippen molar-refractivity contribution in [2.24, 2.45) is 11.3 Å². The highest BCUT2D eigenvalue weighted by Gasteiger charge is 2.55. The second-order valence-corrected chi connectivity index (χ2v) is 4.76. The molecule has 0 bridgehead atoms. The molecule has 1 N–H and O–H groups in total. The van der Waals surface area contributed by atoms with Crippen molar-refractivity contribution in [3.8, 4) is 0 Å². The molecule has 12 heavy (non-hydrogen) atoms. The normalized spacial score (nSPS) is 44.0. The van der Waals surface area contributed by atoms with Crippen LogP contribution in [0, 0.1) is 11.3 Å². The fourth-order valence-electron chi connectivity index (χ4n) is 3.01. The van der Waals surface area contributed by atoms with Gasteiger partial charge in [0.15, 0.2) is 0 Å². The van der Waals surface area contributed by atoms with Gasteiger partial charge in [-0.05, 0) is 37.5 Å². The highest BCUT2D eigenvalue weighted by atomic mass is 16.3. The Balaban J connectivity index is 1.98. The van der Waals surface area contributed by atoms with Crippen molar-refractivity contribution in [3.05, 3.63) is 0 Å². The molecule has 0 heterocycles. The van der Waals surface area contributed by atoms with E-state index in [1.807, 2.05) is 6.92 Å². The van der Waals surface area contributed by atoms with E-state index in [0.29, 0.717) is 5.41 Å². The first-order valence-corrected chi connectivity index (χ1v) is 5.44. The molecule has 0 radical (unpaired) electrons. The van der Waals surface area contributed by atoms with Crippen LogP contribution in [-0.2, 0) is 0 Å². The van der Waals surface area contributed by atoms with Gasteiger partial charge in [-0.1, -0.05) is 25.7 Å². The van der Waals surface area contributed by atoms with Crippen molar-refractivity contribution >= 4 is 0 Å². The Morgan fingerprint density at radius 3 is 2.75 bits per heavy atom. The molecule has 0 aromatic rings. The zero-order valence-electron chi connectivity index (χ0n) is 8.05. The summed E-state index contributed by atoms with van der Waals surface area (Å²) in [5.41, 5.74) is 0.375. The predicted molar refractivity (Wildman–Crippen MR) is 49.9 cm³/mol. The molecular weight excluding hydrogens is 148 g/mol. The molecule has 0 aromatic carbocycles. The SMILES string of the molecule is CC(O)C12CCCCCCC1C2. The maximum atomic E-state index is 9.69. The molecular formula is C11H20O. The first kappa shape index (κ1) is 8.55. The van der Waals surface area contributed by atoms with Gasteiger partial charge in [0.05, 0.1) is 6.10 Å². The maximum Gasteiger partial charge on any atom is 0.0571 e. The number of aliphatic hydroxyl groups excluding tert-OH is 1. The average Bonchev–Trinajstić information content (AvgIpc) is 2.63. The van der Waals surface area contributed by atoms with E-state index in [0.717, 1.165) is 5.92 Å². The molecule has 2 fully saturated rings. The van der Waals surface area contributed by atoms with Crippen molar-refractivity contribution in [1.82, 2.24) is 0 Å². The van der Waals surface area contributed by atoms with E-state index in [1.165, 1.54) is 44.9 Å². The third-order valence-corrected chi connectivity index (χ3v) is 4.06. The molecule has 2 saturated carbocycles. The third kappa shape index (κ3) is 1.28. The minimum absolute atomic E-state index is 0.0550. The highest BCUT2D eigenvalue weighted by Crippen LogP contribution is 2.61. The van der Waals surface area contributed by atoms with E-state index in [1.54, 1.807) is 0 Å². The van der Waals surface area contributed by atoms with Gasteiger partial charge >= 0.3 is 0 Å². The number of aliphatic hydroxyl groups is 1. The second-order valence-electron chi connectivity index (χ2n) is 4.76. The summed E-state index contributed by atoms with van der Waals surface area (Å²) in [7, 11) is 0. The molecule has 0 amide bonds. The van der Waals surface area contributed by atoms with Gasteiger partial charge in [0, 0.05) is 0 Å².